The van der Waals surface area contributed by atoms with Crippen LogP contribution in [-0.4, -0.2) is 11.8 Å². The van der Waals surface area contributed by atoms with Crippen LogP contribution in [0.15, 0.2) is 18.2 Å². The summed E-state index contributed by atoms with van der Waals surface area (Å²) in [5.41, 5.74) is 10.4. The van der Waals surface area contributed by atoms with Gasteiger partial charge in [0.15, 0.2) is 0 Å². The number of anilines is 1. The molecule has 5 heteroatoms. The summed E-state index contributed by atoms with van der Waals surface area (Å²) in [7, 11) is 0. The fourth-order valence-corrected chi connectivity index (χ4v) is 4.92. The normalized spacial score (nSPS) is 16.4. The number of nitrogens with one attached hydrogen (secondary N) is 1. The van der Waals surface area contributed by atoms with Gasteiger partial charge in [-0.15, -0.1) is 11.3 Å². The molecule has 1 aromatic carbocycles. The predicted molar refractivity (Wildman–Crippen MR) is 102 cm³/mol. The molecule has 0 unspecified atom stereocenters. The standard InChI is InChI=1S/C20H24N2O2S/c1-11-4-6-14(13(3)8-11)10-17(23)22-20-18(19(21)24)15-7-5-12(2)9-16(15)25-20/h4,6,8,12H,5,7,9-10H2,1-3H3,(H2,21,24)(H,22,23)/t12-/m0/s1. The second-order valence-corrected chi connectivity index (χ2v) is 8.18. The number of benzene rings is 1. The molecule has 4 nitrogen and oxygen atoms in total. The molecule has 0 fully saturated rings. The van der Waals surface area contributed by atoms with Crippen LogP contribution in [0.2, 0.25) is 0 Å². The third-order valence-corrected chi connectivity index (χ3v) is 6.03. The molecule has 0 aliphatic heterocycles. The van der Waals surface area contributed by atoms with Crippen molar-refractivity contribution in [2.75, 3.05) is 5.32 Å². The van der Waals surface area contributed by atoms with Crippen molar-refractivity contribution in [2.24, 2.45) is 11.7 Å². The number of hydrogen-bond acceptors (Lipinski definition) is 3. The number of fused-ring (bicyclic) bond motifs is 1. The maximum Gasteiger partial charge on any atom is 0.251 e. The van der Waals surface area contributed by atoms with Crippen LogP contribution in [0.3, 0.4) is 0 Å². The molecule has 1 atom stereocenters. The highest BCUT2D eigenvalue weighted by Crippen LogP contribution is 2.39. The second-order valence-electron chi connectivity index (χ2n) is 7.08. The fourth-order valence-electron chi connectivity index (χ4n) is 3.49. The van der Waals surface area contributed by atoms with Crippen molar-refractivity contribution < 1.29 is 9.59 Å². The van der Waals surface area contributed by atoms with Crippen molar-refractivity contribution in [3.63, 3.8) is 0 Å². The predicted octanol–water partition coefficient (Wildman–Crippen LogP) is 3.77. The number of carbonyl (C=O) groups excluding carboxylic acids is 2. The molecule has 0 radical (unpaired) electrons. The first kappa shape index (κ1) is 17.7. The van der Waals surface area contributed by atoms with Gasteiger partial charge in [0.1, 0.15) is 5.00 Å². The largest absolute Gasteiger partial charge is 0.365 e. The monoisotopic (exact) mass is 356 g/mol. The fraction of sp³-hybridized carbons (Fsp3) is 0.400. The Labute approximate surface area is 152 Å². The number of rotatable bonds is 4. The number of thiophene rings is 1. The first-order valence-electron chi connectivity index (χ1n) is 8.65. The Morgan fingerprint density at radius 2 is 2.08 bits per heavy atom. The highest BCUT2D eigenvalue weighted by Gasteiger charge is 2.27. The Hall–Kier alpha value is -2.14. The van der Waals surface area contributed by atoms with E-state index in [1.165, 1.54) is 21.8 Å². The lowest BCUT2D eigenvalue weighted by Crippen LogP contribution is -2.20. The lowest BCUT2D eigenvalue weighted by molar-refractivity contribution is -0.115. The average molecular weight is 356 g/mol. The minimum Gasteiger partial charge on any atom is -0.365 e. The number of carbonyl (C=O) groups is 2. The summed E-state index contributed by atoms with van der Waals surface area (Å²) in [5, 5.41) is 3.55. The zero-order valence-electron chi connectivity index (χ0n) is 14.9. The van der Waals surface area contributed by atoms with E-state index in [9.17, 15) is 9.59 Å². The van der Waals surface area contributed by atoms with Crippen LogP contribution < -0.4 is 11.1 Å². The molecule has 1 aliphatic rings. The van der Waals surface area contributed by atoms with Crippen LogP contribution in [0, 0.1) is 19.8 Å². The molecule has 0 saturated heterocycles. The summed E-state index contributed by atoms with van der Waals surface area (Å²) < 4.78 is 0. The summed E-state index contributed by atoms with van der Waals surface area (Å²) >= 11 is 1.51. The smallest absolute Gasteiger partial charge is 0.251 e. The van der Waals surface area contributed by atoms with Crippen molar-refractivity contribution in [1.29, 1.82) is 0 Å². The van der Waals surface area contributed by atoms with Crippen LogP contribution in [-0.2, 0) is 24.1 Å². The number of aryl methyl sites for hydroxylation is 2. The molecular weight excluding hydrogens is 332 g/mol. The van der Waals surface area contributed by atoms with Crippen molar-refractivity contribution >= 4 is 28.2 Å². The van der Waals surface area contributed by atoms with Gasteiger partial charge in [-0.2, -0.15) is 0 Å². The molecule has 2 aromatic rings. The molecule has 3 rings (SSSR count). The summed E-state index contributed by atoms with van der Waals surface area (Å²) in [5.74, 6) is 0.0422. The SMILES string of the molecule is Cc1ccc(CC(=O)Nc2sc3c(c2C(N)=O)CC[C@H](C)C3)c(C)c1. The van der Waals surface area contributed by atoms with E-state index in [4.69, 9.17) is 5.73 Å². The number of nitrogens with two attached hydrogens (primary N) is 1. The van der Waals surface area contributed by atoms with Crippen molar-refractivity contribution in [1.82, 2.24) is 0 Å². The Morgan fingerprint density at radius 3 is 2.76 bits per heavy atom. The molecule has 0 spiro atoms. The zero-order chi connectivity index (χ0) is 18.1. The Bertz CT molecular complexity index is 838. The van der Waals surface area contributed by atoms with Gasteiger partial charge in [-0.05, 0) is 55.7 Å². The maximum atomic E-state index is 12.5. The Balaban J connectivity index is 1.82. The van der Waals surface area contributed by atoms with Crippen LogP contribution in [0.4, 0.5) is 5.00 Å². The zero-order valence-corrected chi connectivity index (χ0v) is 15.8. The summed E-state index contributed by atoms with van der Waals surface area (Å²) in [6.07, 6.45) is 3.16. The van der Waals surface area contributed by atoms with Gasteiger partial charge in [0.25, 0.3) is 5.91 Å². The van der Waals surface area contributed by atoms with Gasteiger partial charge in [0, 0.05) is 4.88 Å². The van der Waals surface area contributed by atoms with Gasteiger partial charge in [-0.1, -0.05) is 30.7 Å². The van der Waals surface area contributed by atoms with Gasteiger partial charge in [0.2, 0.25) is 5.91 Å². The minimum absolute atomic E-state index is 0.110. The molecule has 0 saturated carbocycles. The third-order valence-electron chi connectivity index (χ3n) is 4.86. The van der Waals surface area contributed by atoms with Crippen LogP contribution in [0.25, 0.3) is 0 Å². The minimum atomic E-state index is -0.450. The Morgan fingerprint density at radius 1 is 1.32 bits per heavy atom. The van der Waals surface area contributed by atoms with Crippen LogP contribution >= 0.6 is 11.3 Å². The molecule has 3 N–H and O–H groups in total. The van der Waals surface area contributed by atoms with E-state index in [0.29, 0.717) is 22.9 Å². The van der Waals surface area contributed by atoms with E-state index < -0.39 is 5.91 Å². The van der Waals surface area contributed by atoms with Gasteiger partial charge in [-0.25, -0.2) is 0 Å². The number of primary amides is 1. The molecule has 2 amide bonds. The van der Waals surface area contributed by atoms with E-state index in [2.05, 4.69) is 18.3 Å². The first-order valence-corrected chi connectivity index (χ1v) is 9.47. The molecular formula is C20H24N2O2S. The first-order chi connectivity index (χ1) is 11.8. The van der Waals surface area contributed by atoms with E-state index in [-0.39, 0.29) is 5.91 Å². The lowest BCUT2D eigenvalue weighted by atomic mass is 9.88. The average Bonchev–Trinajstić information content (AvgIpc) is 2.86. The lowest BCUT2D eigenvalue weighted by Gasteiger charge is -2.18. The van der Waals surface area contributed by atoms with Gasteiger partial charge in [-0.3, -0.25) is 9.59 Å². The topological polar surface area (TPSA) is 72.2 Å². The second kappa shape index (κ2) is 7.00. The quantitative estimate of drug-likeness (QED) is 0.875. The van der Waals surface area contributed by atoms with E-state index in [1.807, 2.05) is 26.0 Å². The summed E-state index contributed by atoms with van der Waals surface area (Å²) in [4.78, 5) is 25.6. The third kappa shape index (κ3) is 3.76. The van der Waals surface area contributed by atoms with Crippen molar-refractivity contribution in [2.45, 2.75) is 46.5 Å². The summed E-state index contributed by atoms with van der Waals surface area (Å²) in [6.45, 7) is 6.26. The molecule has 1 heterocycles. The molecule has 25 heavy (non-hydrogen) atoms. The van der Waals surface area contributed by atoms with Crippen molar-refractivity contribution in [3.05, 3.63) is 50.9 Å². The van der Waals surface area contributed by atoms with Gasteiger partial charge < -0.3 is 11.1 Å². The molecule has 132 valence electrons. The van der Waals surface area contributed by atoms with E-state index in [0.717, 1.165) is 36.0 Å². The Kier molecular flexibility index (Phi) is 4.95. The summed E-state index contributed by atoms with van der Waals surface area (Å²) in [6, 6.07) is 6.07. The molecule has 1 aliphatic carbocycles. The molecule has 0 bridgehead atoms. The maximum absolute atomic E-state index is 12.5. The van der Waals surface area contributed by atoms with E-state index >= 15 is 0 Å². The van der Waals surface area contributed by atoms with E-state index in [1.54, 1.807) is 0 Å². The van der Waals surface area contributed by atoms with Gasteiger partial charge >= 0.3 is 0 Å². The molecule has 1 aromatic heterocycles. The van der Waals surface area contributed by atoms with Crippen molar-refractivity contribution in [3.8, 4) is 0 Å². The number of amides is 2. The highest BCUT2D eigenvalue weighted by atomic mass is 32.1. The van der Waals surface area contributed by atoms with Gasteiger partial charge in [0.05, 0.1) is 12.0 Å². The highest BCUT2D eigenvalue weighted by molar-refractivity contribution is 7.17. The van der Waals surface area contributed by atoms with Crippen LogP contribution in [0.1, 0.15) is 50.8 Å². The number of hydrogen-bond donors (Lipinski definition) is 2. The van der Waals surface area contributed by atoms with Crippen LogP contribution in [0.5, 0.6) is 0 Å².